The van der Waals surface area contributed by atoms with E-state index in [1.807, 2.05) is 50.2 Å². The molecule has 2 amide bonds. The second kappa shape index (κ2) is 9.02. The second-order valence-corrected chi connectivity index (χ2v) is 7.60. The zero-order valence-corrected chi connectivity index (χ0v) is 16.9. The molecule has 2 aromatic carbocycles. The number of carbonyl (C=O) groups excluding carboxylic acids is 2. The SMILES string of the molecule is Cc1cccc(C)c1NC(=O)CN(C)C(=O)CN1CCCC1c1ccccc1. The van der Waals surface area contributed by atoms with Crippen molar-refractivity contribution in [1.29, 1.82) is 0 Å². The van der Waals surface area contributed by atoms with Gasteiger partial charge in [0.25, 0.3) is 0 Å². The molecule has 2 aromatic rings. The van der Waals surface area contributed by atoms with Crippen molar-refractivity contribution in [3.63, 3.8) is 0 Å². The molecule has 3 rings (SSSR count). The van der Waals surface area contributed by atoms with Gasteiger partial charge in [0.05, 0.1) is 13.1 Å². The summed E-state index contributed by atoms with van der Waals surface area (Å²) < 4.78 is 0. The summed E-state index contributed by atoms with van der Waals surface area (Å²) in [4.78, 5) is 28.9. The van der Waals surface area contributed by atoms with E-state index in [4.69, 9.17) is 0 Å². The standard InChI is InChI=1S/C23H29N3O2/c1-17-9-7-10-18(2)23(17)24-21(27)15-25(3)22(28)16-26-14-8-13-20(26)19-11-5-4-6-12-19/h4-7,9-12,20H,8,13-16H2,1-3H3,(H,24,27). The first-order valence-electron chi connectivity index (χ1n) is 9.84. The highest BCUT2D eigenvalue weighted by Gasteiger charge is 2.28. The molecule has 1 fully saturated rings. The summed E-state index contributed by atoms with van der Waals surface area (Å²) in [5, 5.41) is 2.95. The Labute approximate surface area is 167 Å². The fourth-order valence-corrected chi connectivity index (χ4v) is 3.86. The largest absolute Gasteiger partial charge is 0.335 e. The number of anilines is 1. The minimum Gasteiger partial charge on any atom is -0.335 e. The lowest BCUT2D eigenvalue weighted by Crippen LogP contribution is -2.41. The van der Waals surface area contributed by atoms with Crippen molar-refractivity contribution >= 4 is 17.5 Å². The van der Waals surface area contributed by atoms with Crippen molar-refractivity contribution in [2.45, 2.75) is 32.7 Å². The molecule has 0 saturated carbocycles. The molecule has 1 atom stereocenters. The smallest absolute Gasteiger partial charge is 0.243 e. The van der Waals surface area contributed by atoms with E-state index in [1.165, 1.54) is 10.5 Å². The molecule has 1 aliphatic heterocycles. The van der Waals surface area contributed by atoms with Crippen LogP contribution in [0.15, 0.2) is 48.5 Å². The number of nitrogens with one attached hydrogen (secondary N) is 1. The average molecular weight is 380 g/mol. The molecule has 1 N–H and O–H groups in total. The van der Waals surface area contributed by atoms with E-state index < -0.39 is 0 Å². The Morgan fingerprint density at radius 1 is 1.07 bits per heavy atom. The molecule has 1 saturated heterocycles. The van der Waals surface area contributed by atoms with Crippen LogP contribution in [0.4, 0.5) is 5.69 Å². The second-order valence-electron chi connectivity index (χ2n) is 7.60. The summed E-state index contributed by atoms with van der Waals surface area (Å²) in [6, 6.07) is 16.5. The molecule has 0 aromatic heterocycles. The van der Waals surface area contributed by atoms with Crippen LogP contribution >= 0.6 is 0 Å². The lowest BCUT2D eigenvalue weighted by molar-refractivity contribution is -0.134. The van der Waals surface area contributed by atoms with Crippen LogP contribution in [0.1, 0.15) is 35.6 Å². The monoisotopic (exact) mass is 379 g/mol. The van der Waals surface area contributed by atoms with Crippen molar-refractivity contribution in [2.24, 2.45) is 0 Å². The maximum Gasteiger partial charge on any atom is 0.243 e. The van der Waals surface area contributed by atoms with E-state index in [2.05, 4.69) is 22.3 Å². The van der Waals surface area contributed by atoms with E-state index >= 15 is 0 Å². The van der Waals surface area contributed by atoms with Crippen LogP contribution < -0.4 is 5.32 Å². The predicted molar refractivity (Wildman–Crippen MR) is 112 cm³/mol. The summed E-state index contributed by atoms with van der Waals surface area (Å²) in [5.41, 5.74) is 4.12. The van der Waals surface area contributed by atoms with Gasteiger partial charge in [-0.15, -0.1) is 0 Å². The average Bonchev–Trinajstić information content (AvgIpc) is 3.13. The van der Waals surface area contributed by atoms with Crippen LogP contribution in [0.25, 0.3) is 0 Å². The van der Waals surface area contributed by atoms with Gasteiger partial charge < -0.3 is 10.2 Å². The Morgan fingerprint density at radius 3 is 2.43 bits per heavy atom. The summed E-state index contributed by atoms with van der Waals surface area (Å²) in [7, 11) is 1.69. The first kappa shape index (κ1) is 20.1. The number of nitrogens with zero attached hydrogens (tertiary/aromatic N) is 2. The number of likely N-dealkylation sites (N-methyl/N-ethyl adjacent to an activating group) is 1. The van der Waals surface area contributed by atoms with Crippen molar-refractivity contribution < 1.29 is 9.59 Å². The number of benzene rings is 2. The minimum absolute atomic E-state index is 0.0283. The van der Waals surface area contributed by atoms with E-state index in [0.29, 0.717) is 6.54 Å². The molecule has 5 heteroatoms. The summed E-state index contributed by atoms with van der Waals surface area (Å²) in [6.07, 6.45) is 2.15. The first-order valence-corrected chi connectivity index (χ1v) is 9.84. The fourth-order valence-electron chi connectivity index (χ4n) is 3.86. The van der Waals surface area contributed by atoms with Gasteiger partial charge >= 0.3 is 0 Å². The molecular formula is C23H29N3O2. The Morgan fingerprint density at radius 2 is 1.75 bits per heavy atom. The number of hydrogen-bond acceptors (Lipinski definition) is 3. The van der Waals surface area contributed by atoms with Gasteiger partial charge in [0.1, 0.15) is 0 Å². The maximum atomic E-state index is 12.7. The summed E-state index contributed by atoms with van der Waals surface area (Å²) in [5.74, 6) is -0.200. The maximum absolute atomic E-state index is 12.7. The van der Waals surface area contributed by atoms with E-state index in [9.17, 15) is 9.59 Å². The highest BCUT2D eigenvalue weighted by atomic mass is 16.2. The van der Waals surface area contributed by atoms with Gasteiger partial charge in [-0.2, -0.15) is 0 Å². The first-order chi connectivity index (χ1) is 13.5. The number of amides is 2. The van der Waals surface area contributed by atoms with Crippen molar-refractivity contribution in [2.75, 3.05) is 32.0 Å². The molecule has 0 radical (unpaired) electrons. The van der Waals surface area contributed by atoms with Crippen LogP contribution in [0.5, 0.6) is 0 Å². The molecule has 5 nitrogen and oxygen atoms in total. The van der Waals surface area contributed by atoms with Gasteiger partial charge in [0.15, 0.2) is 0 Å². The number of likely N-dealkylation sites (tertiary alicyclic amines) is 1. The van der Waals surface area contributed by atoms with Crippen LogP contribution in [-0.4, -0.2) is 48.3 Å². The number of rotatable bonds is 6. The molecule has 1 unspecified atom stereocenters. The predicted octanol–water partition coefficient (Wildman–Crippen LogP) is 3.54. The molecule has 1 aliphatic rings. The Kier molecular flexibility index (Phi) is 6.47. The van der Waals surface area contributed by atoms with Gasteiger partial charge in [-0.1, -0.05) is 48.5 Å². The number of para-hydroxylation sites is 1. The third-order valence-electron chi connectivity index (χ3n) is 5.44. The number of aryl methyl sites for hydroxylation is 2. The van der Waals surface area contributed by atoms with Crippen LogP contribution in [0, 0.1) is 13.8 Å². The summed E-state index contributed by atoms with van der Waals surface area (Å²) in [6.45, 7) is 5.24. The quantitative estimate of drug-likeness (QED) is 0.835. The highest BCUT2D eigenvalue weighted by Crippen LogP contribution is 2.31. The molecular weight excluding hydrogens is 350 g/mol. The normalized spacial score (nSPS) is 16.8. The van der Waals surface area contributed by atoms with Crippen LogP contribution in [0.2, 0.25) is 0 Å². The van der Waals surface area contributed by atoms with Crippen LogP contribution in [0.3, 0.4) is 0 Å². The molecule has 28 heavy (non-hydrogen) atoms. The van der Waals surface area contributed by atoms with Gasteiger partial charge in [-0.25, -0.2) is 0 Å². The number of hydrogen-bond donors (Lipinski definition) is 1. The van der Waals surface area contributed by atoms with Crippen molar-refractivity contribution in [3.05, 3.63) is 65.2 Å². The topological polar surface area (TPSA) is 52.7 Å². The Bertz CT molecular complexity index is 815. The highest BCUT2D eigenvalue weighted by molar-refractivity contribution is 5.95. The lowest BCUT2D eigenvalue weighted by Gasteiger charge is -2.26. The Balaban J connectivity index is 1.56. The lowest BCUT2D eigenvalue weighted by atomic mass is 10.0. The van der Waals surface area contributed by atoms with Crippen molar-refractivity contribution in [1.82, 2.24) is 9.80 Å². The molecule has 148 valence electrons. The van der Waals surface area contributed by atoms with Gasteiger partial charge in [-0.3, -0.25) is 14.5 Å². The molecule has 0 spiro atoms. The molecule has 0 aliphatic carbocycles. The van der Waals surface area contributed by atoms with Gasteiger partial charge in [-0.05, 0) is 49.9 Å². The Hall–Kier alpha value is -2.66. The van der Waals surface area contributed by atoms with E-state index in [0.717, 1.165) is 36.2 Å². The van der Waals surface area contributed by atoms with E-state index in [-0.39, 0.29) is 24.4 Å². The van der Waals surface area contributed by atoms with Crippen LogP contribution in [-0.2, 0) is 9.59 Å². The van der Waals surface area contributed by atoms with Crippen molar-refractivity contribution in [3.8, 4) is 0 Å². The zero-order chi connectivity index (χ0) is 20.1. The third-order valence-corrected chi connectivity index (χ3v) is 5.44. The summed E-state index contributed by atoms with van der Waals surface area (Å²) >= 11 is 0. The fraction of sp³-hybridized carbons (Fsp3) is 0.391. The van der Waals surface area contributed by atoms with Gasteiger partial charge in [0, 0.05) is 18.8 Å². The van der Waals surface area contributed by atoms with E-state index in [1.54, 1.807) is 7.05 Å². The molecule has 1 heterocycles. The molecule has 0 bridgehead atoms. The third kappa shape index (κ3) is 4.78. The number of carbonyl (C=O) groups is 2. The van der Waals surface area contributed by atoms with Gasteiger partial charge in [0.2, 0.25) is 11.8 Å². The minimum atomic E-state index is -0.172. The zero-order valence-electron chi connectivity index (χ0n) is 16.9.